The minimum absolute atomic E-state index is 0.0362. The molecular weight excluding hydrogens is 748 g/mol. The Bertz CT molecular complexity index is 1730. The van der Waals surface area contributed by atoms with Crippen LogP contribution in [0.2, 0.25) is 0 Å². The van der Waals surface area contributed by atoms with E-state index in [9.17, 15) is 61.0 Å². The second kappa shape index (κ2) is 15.5. The molecule has 16 nitrogen and oxygen atoms in total. The Balaban J connectivity index is 1.28. The zero-order valence-corrected chi connectivity index (χ0v) is 33.2. The Kier molecular flexibility index (Phi) is 12.0. The van der Waals surface area contributed by atoms with Crippen molar-refractivity contribution in [3.63, 3.8) is 0 Å². The average Bonchev–Trinajstić information content (AvgIpc) is 3.36. The van der Waals surface area contributed by atoms with Gasteiger partial charge < -0.3 is 75.1 Å². The number of aromatic hydroxyl groups is 1. The van der Waals surface area contributed by atoms with Crippen molar-refractivity contribution in [3.8, 4) is 11.5 Å². The first-order valence-electron chi connectivity index (χ1n) is 19.6. The van der Waals surface area contributed by atoms with Crippen molar-refractivity contribution in [1.29, 1.82) is 0 Å². The van der Waals surface area contributed by atoms with Crippen molar-refractivity contribution in [3.05, 3.63) is 47.1 Å². The molecule has 0 unspecified atom stereocenters. The van der Waals surface area contributed by atoms with E-state index in [1.54, 1.807) is 19.9 Å². The molecule has 6 rings (SSSR count). The first-order chi connectivity index (χ1) is 26.5. The van der Waals surface area contributed by atoms with Crippen molar-refractivity contribution >= 4 is 5.78 Å². The molecule has 2 saturated carbocycles. The number of carbonyl (C=O) groups excluding carboxylic acids is 1. The number of aliphatic hydroxyl groups excluding tert-OH is 9. The lowest BCUT2D eigenvalue weighted by Gasteiger charge is -2.62. The van der Waals surface area contributed by atoms with Crippen LogP contribution in [0.1, 0.15) is 70.6 Å². The third-order valence-electron chi connectivity index (χ3n) is 14.4. The van der Waals surface area contributed by atoms with Gasteiger partial charge in [0.25, 0.3) is 0 Å². The number of carbonyl (C=O) groups is 1. The molecule has 0 spiro atoms. The smallest absolute Gasteiger partial charge is 0.229 e. The van der Waals surface area contributed by atoms with Gasteiger partial charge in [-0.3, -0.25) is 4.79 Å². The van der Waals surface area contributed by atoms with Gasteiger partial charge in [0.1, 0.15) is 60.7 Å². The van der Waals surface area contributed by atoms with Crippen LogP contribution in [-0.2, 0) is 30.8 Å². The lowest BCUT2D eigenvalue weighted by molar-refractivity contribution is -0.323. The molecule has 4 fully saturated rings. The summed E-state index contributed by atoms with van der Waals surface area (Å²) in [6.07, 6.45) is -14.7. The van der Waals surface area contributed by atoms with Gasteiger partial charge in [0.15, 0.2) is 17.8 Å². The third kappa shape index (κ3) is 6.88. The van der Waals surface area contributed by atoms with Crippen molar-refractivity contribution in [2.24, 2.45) is 22.7 Å². The number of hydrogen-bond acceptors (Lipinski definition) is 16. The SMILES string of the molecule is C=C(C)/C=C/[C@H](O)[C@](C)(O)[C@H]1[C@H](O)C[C@@]2(C)[C@@H]3CCc4c(cc(O[C@@H]5O[C@H](CO[C@@H]6O[C@H](CO)[C@@H](O)[C@H](O)[C@H]6O)[C@@H](O)[C@H](O)[C@H]5O)c(O)c4C)[C@]3(C)C(=O)C[C@]12C. The highest BCUT2D eigenvalue weighted by Gasteiger charge is 2.73. The molecule has 320 valence electrons. The van der Waals surface area contributed by atoms with Crippen LogP contribution in [0.5, 0.6) is 11.5 Å². The van der Waals surface area contributed by atoms with Gasteiger partial charge in [0, 0.05) is 12.3 Å². The van der Waals surface area contributed by atoms with E-state index in [1.807, 2.05) is 20.8 Å². The van der Waals surface area contributed by atoms with Gasteiger partial charge in [-0.25, -0.2) is 0 Å². The fraction of sp³-hybridized carbons (Fsp3) is 0.732. The zero-order valence-electron chi connectivity index (χ0n) is 33.2. The molecule has 1 aromatic rings. The van der Waals surface area contributed by atoms with E-state index < -0.39 is 115 Å². The van der Waals surface area contributed by atoms with Gasteiger partial charge in [0.05, 0.1) is 30.3 Å². The van der Waals surface area contributed by atoms with E-state index >= 15 is 0 Å². The van der Waals surface area contributed by atoms with Gasteiger partial charge in [-0.15, -0.1) is 0 Å². The van der Waals surface area contributed by atoms with Crippen LogP contribution in [0, 0.1) is 29.6 Å². The molecule has 0 bridgehead atoms. The average molecular weight is 809 g/mol. The molecule has 2 heterocycles. The van der Waals surface area contributed by atoms with E-state index in [-0.39, 0.29) is 36.0 Å². The molecule has 16 heteroatoms. The minimum Gasteiger partial charge on any atom is -0.504 e. The predicted molar refractivity (Wildman–Crippen MR) is 200 cm³/mol. The van der Waals surface area contributed by atoms with Crippen LogP contribution < -0.4 is 4.74 Å². The van der Waals surface area contributed by atoms with Crippen molar-refractivity contribution in [2.75, 3.05) is 13.2 Å². The predicted octanol–water partition coefficient (Wildman–Crippen LogP) is -0.866. The molecule has 2 aliphatic heterocycles. The quantitative estimate of drug-likeness (QED) is 0.128. The maximum absolute atomic E-state index is 14.8. The summed E-state index contributed by atoms with van der Waals surface area (Å²) in [7, 11) is 0. The fourth-order valence-electron chi connectivity index (χ4n) is 11.0. The van der Waals surface area contributed by atoms with E-state index in [0.717, 1.165) is 5.56 Å². The Morgan fingerprint density at radius 2 is 1.58 bits per heavy atom. The van der Waals surface area contributed by atoms with Gasteiger partial charge in [-0.05, 0) is 86.5 Å². The van der Waals surface area contributed by atoms with E-state index in [4.69, 9.17) is 18.9 Å². The highest BCUT2D eigenvalue weighted by molar-refractivity contribution is 5.93. The molecular formula is C41H60O16. The number of hydrogen-bond donors (Lipinski definition) is 11. The van der Waals surface area contributed by atoms with Gasteiger partial charge in [0.2, 0.25) is 6.29 Å². The minimum atomic E-state index is -1.85. The van der Waals surface area contributed by atoms with Crippen LogP contribution in [0.15, 0.2) is 30.4 Å². The molecule has 11 N–H and O–H groups in total. The third-order valence-corrected chi connectivity index (χ3v) is 14.4. The highest BCUT2D eigenvalue weighted by atomic mass is 16.7. The second-order valence-corrected chi connectivity index (χ2v) is 17.9. The number of ketones is 1. The maximum atomic E-state index is 14.8. The number of phenols is 1. The molecule has 0 radical (unpaired) electrons. The maximum Gasteiger partial charge on any atom is 0.229 e. The van der Waals surface area contributed by atoms with E-state index in [2.05, 4.69) is 6.58 Å². The summed E-state index contributed by atoms with van der Waals surface area (Å²) in [5.41, 5.74) is -2.25. The summed E-state index contributed by atoms with van der Waals surface area (Å²) in [6.45, 7) is 13.2. The molecule has 0 aromatic heterocycles. The molecule has 2 saturated heterocycles. The van der Waals surface area contributed by atoms with E-state index in [0.29, 0.717) is 29.5 Å². The first-order valence-corrected chi connectivity index (χ1v) is 19.6. The number of allylic oxidation sites excluding steroid dienone is 2. The van der Waals surface area contributed by atoms with Gasteiger partial charge in [-0.2, -0.15) is 0 Å². The highest BCUT2D eigenvalue weighted by Crippen LogP contribution is 2.72. The summed E-state index contributed by atoms with van der Waals surface area (Å²) in [5.74, 6) is -1.88. The van der Waals surface area contributed by atoms with Crippen molar-refractivity contribution in [2.45, 2.75) is 152 Å². The molecule has 5 aliphatic rings. The van der Waals surface area contributed by atoms with E-state index in [1.165, 1.54) is 19.1 Å². The van der Waals surface area contributed by atoms with Gasteiger partial charge >= 0.3 is 0 Å². The Labute approximate surface area is 331 Å². The molecule has 0 amide bonds. The van der Waals surface area contributed by atoms with Crippen LogP contribution in [0.3, 0.4) is 0 Å². The van der Waals surface area contributed by atoms with Crippen LogP contribution >= 0.6 is 0 Å². The standard InChI is InChI=1S/C41H60O16/c1-17(2)8-11-26(44)41(7,53)35-21(43)13-38(4)25-10-9-19-18(3)28(46)22(12-20(19)40(25,6)27(45)14-39(35,38)5)55-37-34(52)32(50)30(48)24(57-37)16-54-36-33(51)31(49)29(47)23(15-42)56-36/h8,11-12,21,23-26,29-37,42-44,46-53H,1,9-10,13-16H2,2-7H3/b11-8+/t21-,23-,24-,25+,26+,29-,30-,31+,32+,33-,34-,35+,36-,37-,38+,39-,40+,41+/m1/s1. The number of aliphatic hydroxyl groups is 10. The number of Topliss-reactive ketones (excluding diaryl/α,β-unsaturated/α-hetero) is 1. The van der Waals surface area contributed by atoms with Gasteiger partial charge in [-0.1, -0.05) is 38.2 Å². The number of phenolic OH excluding ortho intramolecular Hbond substituents is 1. The normalized spacial score (nSPS) is 44.8. The lowest BCUT2D eigenvalue weighted by atomic mass is 9.41. The Morgan fingerprint density at radius 3 is 2.19 bits per heavy atom. The fourth-order valence-corrected chi connectivity index (χ4v) is 11.0. The largest absolute Gasteiger partial charge is 0.504 e. The molecule has 18 atom stereocenters. The van der Waals surface area contributed by atoms with Crippen LogP contribution in [0.25, 0.3) is 0 Å². The molecule has 1 aromatic carbocycles. The van der Waals surface area contributed by atoms with Crippen LogP contribution in [0.4, 0.5) is 0 Å². The second-order valence-electron chi connectivity index (χ2n) is 17.9. The van der Waals surface area contributed by atoms with Crippen molar-refractivity contribution < 1.29 is 79.9 Å². The molecule has 3 aliphatic carbocycles. The zero-order chi connectivity index (χ0) is 42.3. The summed E-state index contributed by atoms with van der Waals surface area (Å²) < 4.78 is 22.8. The summed E-state index contributed by atoms with van der Waals surface area (Å²) in [4.78, 5) is 14.8. The van der Waals surface area contributed by atoms with Crippen LogP contribution in [-0.4, -0.2) is 154 Å². The summed E-state index contributed by atoms with van der Waals surface area (Å²) in [6, 6.07) is 1.52. The van der Waals surface area contributed by atoms with Crippen molar-refractivity contribution in [1.82, 2.24) is 0 Å². The lowest BCUT2D eigenvalue weighted by Crippen LogP contribution is -2.64. The summed E-state index contributed by atoms with van der Waals surface area (Å²) >= 11 is 0. The first kappa shape index (κ1) is 44.0. The Morgan fingerprint density at radius 1 is 0.982 bits per heavy atom. The summed E-state index contributed by atoms with van der Waals surface area (Å²) in [5, 5.41) is 119. The monoisotopic (exact) mass is 808 g/mol. The number of ether oxygens (including phenoxy) is 4. The Hall–Kier alpha value is -2.55. The molecule has 57 heavy (non-hydrogen) atoms. The number of benzene rings is 1. The number of fused-ring (bicyclic) bond motifs is 5. The number of rotatable bonds is 10. The topological polar surface area (TPSA) is 277 Å².